The highest BCUT2D eigenvalue weighted by molar-refractivity contribution is 5.82. The fourth-order valence-electron chi connectivity index (χ4n) is 3.26. The number of amides is 2. The zero-order chi connectivity index (χ0) is 14.5. The summed E-state index contributed by atoms with van der Waals surface area (Å²) in [6, 6.07) is 0.0715. The third kappa shape index (κ3) is 3.32. The van der Waals surface area contributed by atoms with E-state index in [4.69, 9.17) is 0 Å². The second-order valence-electron chi connectivity index (χ2n) is 5.70. The van der Waals surface area contributed by atoms with Gasteiger partial charge in [-0.25, -0.2) is 0 Å². The van der Waals surface area contributed by atoms with Crippen molar-refractivity contribution in [2.24, 2.45) is 0 Å². The summed E-state index contributed by atoms with van der Waals surface area (Å²) in [7, 11) is 0. The molecule has 2 aliphatic heterocycles. The molecule has 0 saturated carbocycles. The van der Waals surface area contributed by atoms with Gasteiger partial charge < -0.3 is 9.80 Å². The van der Waals surface area contributed by atoms with E-state index in [0.29, 0.717) is 32.6 Å². The van der Waals surface area contributed by atoms with Gasteiger partial charge in [-0.2, -0.15) is 0 Å². The van der Waals surface area contributed by atoms with E-state index in [-0.39, 0.29) is 17.9 Å². The molecule has 0 aromatic rings. The van der Waals surface area contributed by atoms with Crippen LogP contribution < -0.4 is 0 Å². The average molecular weight is 281 g/mol. The smallest absolute Gasteiger partial charge is 0.240 e. The first-order valence-electron chi connectivity index (χ1n) is 7.98. The van der Waals surface area contributed by atoms with E-state index in [1.165, 1.54) is 6.42 Å². The minimum atomic E-state index is 0.0715. The molecule has 0 N–H and O–H groups in total. The SMILES string of the molecule is CCC(=O)N1CCN(C(=O)C2CCCCN2CC)CC1. The zero-order valence-corrected chi connectivity index (χ0v) is 12.8. The minimum absolute atomic E-state index is 0.0715. The van der Waals surface area contributed by atoms with Crippen LogP contribution in [0.5, 0.6) is 0 Å². The summed E-state index contributed by atoms with van der Waals surface area (Å²) in [6.07, 6.45) is 3.90. The summed E-state index contributed by atoms with van der Waals surface area (Å²) in [5.74, 6) is 0.472. The van der Waals surface area contributed by atoms with Crippen LogP contribution in [0.3, 0.4) is 0 Å². The van der Waals surface area contributed by atoms with Crippen molar-refractivity contribution in [3.63, 3.8) is 0 Å². The number of likely N-dealkylation sites (N-methyl/N-ethyl adjacent to an activating group) is 1. The Morgan fingerprint density at radius 1 is 0.950 bits per heavy atom. The Hall–Kier alpha value is -1.10. The highest BCUT2D eigenvalue weighted by Crippen LogP contribution is 2.19. The number of carbonyl (C=O) groups excluding carboxylic acids is 2. The molecule has 0 spiro atoms. The van der Waals surface area contributed by atoms with Gasteiger partial charge in [0.15, 0.2) is 0 Å². The number of hydrogen-bond donors (Lipinski definition) is 0. The fourth-order valence-corrected chi connectivity index (χ4v) is 3.26. The molecule has 114 valence electrons. The summed E-state index contributed by atoms with van der Waals surface area (Å²) >= 11 is 0. The lowest BCUT2D eigenvalue weighted by Gasteiger charge is -2.40. The largest absolute Gasteiger partial charge is 0.339 e. The summed E-state index contributed by atoms with van der Waals surface area (Å²) < 4.78 is 0. The number of nitrogens with zero attached hydrogens (tertiary/aromatic N) is 3. The molecule has 2 amide bonds. The Bertz CT molecular complexity index is 351. The number of hydrogen-bond acceptors (Lipinski definition) is 3. The molecular formula is C15H27N3O2. The van der Waals surface area contributed by atoms with E-state index in [1.54, 1.807) is 0 Å². The lowest BCUT2D eigenvalue weighted by molar-refractivity contribution is -0.143. The molecule has 20 heavy (non-hydrogen) atoms. The quantitative estimate of drug-likeness (QED) is 0.773. The summed E-state index contributed by atoms with van der Waals surface area (Å²) in [4.78, 5) is 30.4. The summed E-state index contributed by atoms with van der Waals surface area (Å²) in [5.41, 5.74) is 0. The Kier molecular flexibility index (Phi) is 5.40. The standard InChI is InChI=1S/C15H27N3O2/c1-3-14(19)17-9-11-18(12-10-17)15(20)13-7-5-6-8-16(13)4-2/h13H,3-12H2,1-2H3. The lowest BCUT2D eigenvalue weighted by atomic mass is 10.0. The Labute approximate surface area is 121 Å². The summed E-state index contributed by atoms with van der Waals surface area (Å²) in [6.45, 7) is 8.78. The predicted molar refractivity (Wildman–Crippen MR) is 78.3 cm³/mol. The molecule has 0 radical (unpaired) electrons. The van der Waals surface area contributed by atoms with Crippen LogP contribution in [0, 0.1) is 0 Å². The van der Waals surface area contributed by atoms with E-state index in [2.05, 4.69) is 11.8 Å². The second-order valence-corrected chi connectivity index (χ2v) is 5.70. The minimum Gasteiger partial charge on any atom is -0.339 e. The molecule has 0 bridgehead atoms. The van der Waals surface area contributed by atoms with Gasteiger partial charge in [0.1, 0.15) is 0 Å². The van der Waals surface area contributed by atoms with Gasteiger partial charge in [-0.1, -0.05) is 20.3 Å². The molecule has 1 atom stereocenters. The van der Waals surface area contributed by atoms with Crippen LogP contribution in [0.1, 0.15) is 39.5 Å². The van der Waals surface area contributed by atoms with Crippen LogP contribution in [-0.2, 0) is 9.59 Å². The van der Waals surface area contributed by atoms with Crippen molar-refractivity contribution in [2.45, 2.75) is 45.6 Å². The summed E-state index contributed by atoms with van der Waals surface area (Å²) in [5, 5.41) is 0. The van der Waals surface area contributed by atoms with Gasteiger partial charge in [0.05, 0.1) is 6.04 Å². The van der Waals surface area contributed by atoms with Crippen LogP contribution >= 0.6 is 0 Å². The third-order valence-corrected chi connectivity index (χ3v) is 4.55. The average Bonchev–Trinajstić information content (AvgIpc) is 2.53. The maximum atomic E-state index is 12.6. The Morgan fingerprint density at radius 3 is 2.20 bits per heavy atom. The van der Waals surface area contributed by atoms with Crippen LogP contribution in [0.4, 0.5) is 0 Å². The second kappa shape index (κ2) is 7.07. The van der Waals surface area contributed by atoms with Gasteiger partial charge >= 0.3 is 0 Å². The first-order chi connectivity index (χ1) is 9.67. The Balaban J connectivity index is 1.89. The molecule has 0 aromatic carbocycles. The van der Waals surface area contributed by atoms with Crippen LogP contribution in [0.25, 0.3) is 0 Å². The fraction of sp³-hybridized carbons (Fsp3) is 0.867. The van der Waals surface area contributed by atoms with E-state index in [9.17, 15) is 9.59 Å². The highest BCUT2D eigenvalue weighted by atomic mass is 16.2. The van der Waals surface area contributed by atoms with Crippen molar-refractivity contribution >= 4 is 11.8 Å². The maximum absolute atomic E-state index is 12.6. The first kappa shape index (κ1) is 15.3. The number of carbonyl (C=O) groups is 2. The predicted octanol–water partition coefficient (Wildman–Crippen LogP) is 0.942. The molecule has 2 saturated heterocycles. The molecule has 2 aliphatic rings. The third-order valence-electron chi connectivity index (χ3n) is 4.55. The zero-order valence-electron chi connectivity index (χ0n) is 12.8. The topological polar surface area (TPSA) is 43.9 Å². The van der Waals surface area contributed by atoms with Gasteiger partial charge in [-0.3, -0.25) is 14.5 Å². The van der Waals surface area contributed by atoms with Crippen molar-refractivity contribution < 1.29 is 9.59 Å². The van der Waals surface area contributed by atoms with Crippen molar-refractivity contribution in [3.8, 4) is 0 Å². The molecule has 1 unspecified atom stereocenters. The normalized spacial score (nSPS) is 24.8. The van der Waals surface area contributed by atoms with Crippen molar-refractivity contribution in [2.75, 3.05) is 39.3 Å². The molecule has 5 heteroatoms. The van der Waals surface area contributed by atoms with Gasteiger partial charge in [0.25, 0.3) is 0 Å². The first-order valence-corrected chi connectivity index (χ1v) is 7.98. The highest BCUT2D eigenvalue weighted by Gasteiger charge is 2.32. The van der Waals surface area contributed by atoms with Gasteiger partial charge in [0.2, 0.25) is 11.8 Å². The van der Waals surface area contributed by atoms with Gasteiger partial charge in [-0.15, -0.1) is 0 Å². The molecule has 2 fully saturated rings. The van der Waals surface area contributed by atoms with Crippen molar-refractivity contribution in [1.82, 2.24) is 14.7 Å². The van der Waals surface area contributed by atoms with Crippen molar-refractivity contribution in [3.05, 3.63) is 0 Å². The molecule has 2 rings (SSSR count). The molecule has 5 nitrogen and oxygen atoms in total. The number of piperazine rings is 1. The van der Waals surface area contributed by atoms with E-state index < -0.39 is 0 Å². The van der Waals surface area contributed by atoms with Gasteiger partial charge in [0, 0.05) is 32.6 Å². The van der Waals surface area contributed by atoms with E-state index in [1.807, 2.05) is 16.7 Å². The van der Waals surface area contributed by atoms with Crippen LogP contribution in [-0.4, -0.2) is 71.8 Å². The van der Waals surface area contributed by atoms with Crippen molar-refractivity contribution in [1.29, 1.82) is 0 Å². The van der Waals surface area contributed by atoms with Crippen LogP contribution in [0.2, 0.25) is 0 Å². The number of piperidine rings is 1. The molecular weight excluding hydrogens is 254 g/mol. The monoisotopic (exact) mass is 281 g/mol. The van der Waals surface area contributed by atoms with E-state index >= 15 is 0 Å². The van der Waals surface area contributed by atoms with Crippen LogP contribution in [0.15, 0.2) is 0 Å². The molecule has 2 heterocycles. The molecule has 0 aromatic heterocycles. The molecule has 0 aliphatic carbocycles. The van der Waals surface area contributed by atoms with E-state index in [0.717, 1.165) is 25.9 Å². The Morgan fingerprint density at radius 2 is 1.60 bits per heavy atom. The number of rotatable bonds is 3. The lowest BCUT2D eigenvalue weighted by Crippen LogP contribution is -2.56. The maximum Gasteiger partial charge on any atom is 0.240 e. The number of likely N-dealkylation sites (tertiary alicyclic amines) is 1. The van der Waals surface area contributed by atoms with Gasteiger partial charge in [-0.05, 0) is 25.9 Å².